The van der Waals surface area contributed by atoms with Gasteiger partial charge in [-0.1, -0.05) is 34.1 Å². The van der Waals surface area contributed by atoms with Gasteiger partial charge in [0.15, 0.2) is 0 Å². The van der Waals surface area contributed by atoms with Gasteiger partial charge in [-0.2, -0.15) is 0 Å². The molecule has 0 radical (unpaired) electrons. The molecule has 0 saturated heterocycles. The fraction of sp³-hybridized carbons (Fsp3) is 0.294. The van der Waals surface area contributed by atoms with Crippen LogP contribution in [-0.2, 0) is 0 Å². The van der Waals surface area contributed by atoms with E-state index in [4.69, 9.17) is 10.6 Å². The molecular weight excluding hydrogens is 328 g/mol. The zero-order chi connectivity index (χ0) is 15.4. The van der Waals surface area contributed by atoms with E-state index in [1.807, 2.05) is 38.1 Å². The predicted molar refractivity (Wildman–Crippen MR) is 90.3 cm³/mol. The molecule has 0 spiro atoms. The van der Waals surface area contributed by atoms with Crippen molar-refractivity contribution in [3.05, 3.63) is 63.6 Å². The lowest BCUT2D eigenvalue weighted by Crippen LogP contribution is -2.29. The summed E-state index contributed by atoms with van der Waals surface area (Å²) in [5.74, 6) is 6.64. The fourth-order valence-electron chi connectivity index (χ4n) is 2.36. The van der Waals surface area contributed by atoms with Gasteiger partial charge in [-0.3, -0.25) is 5.84 Å². The normalized spacial score (nSPS) is 12.5. The molecule has 1 atom stereocenters. The van der Waals surface area contributed by atoms with Gasteiger partial charge >= 0.3 is 0 Å². The summed E-state index contributed by atoms with van der Waals surface area (Å²) in [6, 6.07) is 14.2. The van der Waals surface area contributed by atoms with Gasteiger partial charge < -0.3 is 4.74 Å². The van der Waals surface area contributed by atoms with Gasteiger partial charge in [0.2, 0.25) is 0 Å². The van der Waals surface area contributed by atoms with E-state index in [1.54, 1.807) is 0 Å². The van der Waals surface area contributed by atoms with Gasteiger partial charge in [0.05, 0.1) is 12.1 Å². The summed E-state index contributed by atoms with van der Waals surface area (Å²) in [4.78, 5) is 0. The van der Waals surface area contributed by atoms with Gasteiger partial charge in [0, 0.05) is 4.47 Å². The van der Waals surface area contributed by atoms with Crippen LogP contribution in [0.15, 0.2) is 46.9 Å². The molecule has 4 heteroatoms. The van der Waals surface area contributed by atoms with Crippen molar-refractivity contribution in [2.75, 3.05) is 0 Å². The number of hydrogen-bond acceptors (Lipinski definition) is 3. The van der Waals surface area contributed by atoms with Crippen LogP contribution in [0.3, 0.4) is 0 Å². The number of halogens is 1. The first-order chi connectivity index (χ1) is 9.99. The molecule has 0 amide bonds. The second-order valence-corrected chi connectivity index (χ2v) is 6.32. The van der Waals surface area contributed by atoms with Crippen LogP contribution >= 0.6 is 15.9 Å². The molecule has 21 heavy (non-hydrogen) atoms. The Morgan fingerprint density at radius 3 is 2.48 bits per heavy atom. The Hall–Kier alpha value is -1.36. The van der Waals surface area contributed by atoms with Crippen molar-refractivity contribution in [1.82, 2.24) is 5.43 Å². The van der Waals surface area contributed by atoms with Crippen LogP contribution in [0.1, 0.15) is 36.6 Å². The van der Waals surface area contributed by atoms with Crippen molar-refractivity contribution >= 4 is 15.9 Å². The van der Waals surface area contributed by atoms with Gasteiger partial charge in [-0.15, -0.1) is 0 Å². The van der Waals surface area contributed by atoms with E-state index in [0.29, 0.717) is 0 Å². The minimum absolute atomic E-state index is 0.0723. The maximum absolute atomic E-state index is 5.78. The van der Waals surface area contributed by atoms with E-state index in [0.717, 1.165) is 21.3 Å². The number of hydrazine groups is 1. The van der Waals surface area contributed by atoms with Gasteiger partial charge in [0.25, 0.3) is 0 Å². The fourth-order valence-corrected chi connectivity index (χ4v) is 2.98. The van der Waals surface area contributed by atoms with Crippen molar-refractivity contribution in [3.8, 4) is 5.75 Å². The molecule has 3 nitrogen and oxygen atoms in total. The topological polar surface area (TPSA) is 47.3 Å². The highest BCUT2D eigenvalue weighted by atomic mass is 79.9. The first-order valence-electron chi connectivity index (χ1n) is 6.99. The summed E-state index contributed by atoms with van der Waals surface area (Å²) in [7, 11) is 0. The highest BCUT2D eigenvalue weighted by Crippen LogP contribution is 2.28. The SMILES string of the molecule is Cc1cc(Br)cc(C(NN)c2cccc(OC(C)C)c2)c1. The molecule has 0 saturated carbocycles. The zero-order valence-corrected chi connectivity index (χ0v) is 14.1. The number of ether oxygens (including phenoxy) is 1. The molecule has 0 fully saturated rings. The molecule has 0 aliphatic heterocycles. The molecule has 2 aromatic carbocycles. The summed E-state index contributed by atoms with van der Waals surface area (Å²) < 4.78 is 6.80. The Labute approximate surface area is 134 Å². The molecule has 2 aromatic rings. The van der Waals surface area contributed by atoms with Crippen molar-refractivity contribution in [2.24, 2.45) is 5.84 Å². The Bertz CT molecular complexity index is 593. The average molecular weight is 349 g/mol. The third-order valence-electron chi connectivity index (χ3n) is 3.13. The summed E-state index contributed by atoms with van der Waals surface area (Å²) >= 11 is 3.54. The molecule has 0 bridgehead atoms. The highest BCUT2D eigenvalue weighted by molar-refractivity contribution is 9.10. The van der Waals surface area contributed by atoms with E-state index < -0.39 is 0 Å². The molecule has 1 unspecified atom stereocenters. The molecular formula is C17H21BrN2O. The molecule has 112 valence electrons. The summed E-state index contributed by atoms with van der Waals surface area (Å²) in [6.45, 7) is 6.10. The smallest absolute Gasteiger partial charge is 0.120 e. The van der Waals surface area contributed by atoms with Crippen molar-refractivity contribution in [3.63, 3.8) is 0 Å². The van der Waals surface area contributed by atoms with Crippen LogP contribution in [0.2, 0.25) is 0 Å². The minimum Gasteiger partial charge on any atom is -0.491 e. The van der Waals surface area contributed by atoms with Gasteiger partial charge in [-0.05, 0) is 61.7 Å². The number of aryl methyl sites for hydroxylation is 1. The first kappa shape index (κ1) is 16.0. The number of benzene rings is 2. The Kier molecular flexibility index (Phi) is 5.39. The third kappa shape index (κ3) is 4.30. The van der Waals surface area contributed by atoms with Gasteiger partial charge in [0.1, 0.15) is 5.75 Å². The van der Waals surface area contributed by atoms with Crippen LogP contribution in [0.5, 0.6) is 5.75 Å². The maximum atomic E-state index is 5.78. The number of nitrogens with one attached hydrogen (secondary N) is 1. The second-order valence-electron chi connectivity index (χ2n) is 5.40. The predicted octanol–water partition coefficient (Wildman–Crippen LogP) is 4.10. The Morgan fingerprint density at radius 2 is 1.86 bits per heavy atom. The number of rotatable bonds is 5. The quantitative estimate of drug-likeness (QED) is 0.631. The standard InChI is InChI=1S/C17H21BrN2O/c1-11(2)21-16-6-4-5-13(10-16)17(20-19)14-7-12(3)8-15(18)9-14/h4-11,17,20H,19H2,1-3H3. The number of hydrogen-bond donors (Lipinski definition) is 2. The summed E-state index contributed by atoms with van der Waals surface area (Å²) in [5, 5.41) is 0. The van der Waals surface area contributed by atoms with Gasteiger partial charge in [-0.25, -0.2) is 5.43 Å². The van der Waals surface area contributed by atoms with Crippen LogP contribution in [-0.4, -0.2) is 6.10 Å². The van der Waals surface area contributed by atoms with Crippen LogP contribution in [0, 0.1) is 6.92 Å². The first-order valence-corrected chi connectivity index (χ1v) is 7.78. The molecule has 0 aliphatic carbocycles. The lowest BCUT2D eigenvalue weighted by Gasteiger charge is -2.19. The highest BCUT2D eigenvalue weighted by Gasteiger charge is 2.14. The van der Waals surface area contributed by atoms with Crippen LogP contribution in [0.4, 0.5) is 0 Å². The molecule has 0 aliphatic rings. The van der Waals surface area contributed by atoms with Crippen molar-refractivity contribution in [2.45, 2.75) is 32.9 Å². The van der Waals surface area contributed by atoms with E-state index in [-0.39, 0.29) is 12.1 Å². The largest absolute Gasteiger partial charge is 0.491 e. The Morgan fingerprint density at radius 1 is 1.10 bits per heavy atom. The molecule has 0 aromatic heterocycles. The molecule has 3 N–H and O–H groups in total. The maximum Gasteiger partial charge on any atom is 0.120 e. The minimum atomic E-state index is -0.0723. The van der Waals surface area contributed by atoms with E-state index >= 15 is 0 Å². The Balaban J connectivity index is 2.36. The van der Waals surface area contributed by atoms with E-state index in [9.17, 15) is 0 Å². The summed E-state index contributed by atoms with van der Waals surface area (Å²) in [6.07, 6.45) is 0.151. The third-order valence-corrected chi connectivity index (χ3v) is 3.59. The summed E-state index contributed by atoms with van der Waals surface area (Å²) in [5.41, 5.74) is 6.28. The zero-order valence-electron chi connectivity index (χ0n) is 12.6. The van der Waals surface area contributed by atoms with Crippen LogP contribution < -0.4 is 16.0 Å². The van der Waals surface area contributed by atoms with E-state index in [2.05, 4.69) is 46.5 Å². The second kappa shape index (κ2) is 7.07. The average Bonchev–Trinajstić information content (AvgIpc) is 2.38. The van der Waals surface area contributed by atoms with Crippen molar-refractivity contribution < 1.29 is 4.74 Å². The molecule has 0 heterocycles. The monoisotopic (exact) mass is 348 g/mol. The molecule has 2 rings (SSSR count). The number of nitrogens with two attached hydrogens (primary N) is 1. The van der Waals surface area contributed by atoms with Crippen molar-refractivity contribution in [1.29, 1.82) is 0 Å². The lowest BCUT2D eigenvalue weighted by molar-refractivity contribution is 0.242. The van der Waals surface area contributed by atoms with E-state index in [1.165, 1.54) is 5.56 Å². The lowest BCUT2D eigenvalue weighted by atomic mass is 9.98. The van der Waals surface area contributed by atoms with Crippen LogP contribution in [0.25, 0.3) is 0 Å².